The summed E-state index contributed by atoms with van der Waals surface area (Å²) in [5, 5.41) is 9.21. The van der Waals surface area contributed by atoms with E-state index in [0.717, 1.165) is 5.56 Å². The monoisotopic (exact) mass is 243 g/mol. The predicted octanol–water partition coefficient (Wildman–Crippen LogP) is 1.47. The lowest BCUT2D eigenvalue weighted by atomic mass is 10.2. The Kier molecular flexibility index (Phi) is 4.32. The Balaban J connectivity index is 2.58. The van der Waals surface area contributed by atoms with E-state index in [0.29, 0.717) is 0 Å². The number of phenolic OH excluding ortho intramolecular Hbond substituents is 1. The highest BCUT2D eigenvalue weighted by atomic mass is 32.2. The van der Waals surface area contributed by atoms with Crippen LogP contribution in [0.1, 0.15) is 19.4 Å². The van der Waals surface area contributed by atoms with Crippen molar-refractivity contribution in [3.8, 4) is 5.75 Å². The summed E-state index contributed by atoms with van der Waals surface area (Å²) in [5.41, 5.74) is 0.743. The fraction of sp³-hybridized carbons (Fsp3) is 0.455. The normalized spacial score (nSPS) is 11.9. The van der Waals surface area contributed by atoms with E-state index in [9.17, 15) is 13.5 Å². The van der Waals surface area contributed by atoms with Crippen LogP contribution < -0.4 is 4.72 Å². The second-order valence-corrected chi connectivity index (χ2v) is 6.02. The summed E-state index contributed by atoms with van der Waals surface area (Å²) in [6.45, 7) is 3.92. The van der Waals surface area contributed by atoms with Gasteiger partial charge in [0.05, 0.1) is 5.75 Å². The second-order valence-electron chi connectivity index (χ2n) is 4.17. The summed E-state index contributed by atoms with van der Waals surface area (Å²) in [7, 11) is -3.22. The SMILES string of the molecule is CC(C)CS(=O)(=O)NCc1cccc(O)c1. The van der Waals surface area contributed by atoms with Crippen molar-refractivity contribution in [2.24, 2.45) is 5.92 Å². The zero-order valence-corrected chi connectivity index (χ0v) is 10.3. The highest BCUT2D eigenvalue weighted by Gasteiger charge is 2.12. The van der Waals surface area contributed by atoms with Gasteiger partial charge in [-0.25, -0.2) is 13.1 Å². The fourth-order valence-corrected chi connectivity index (χ4v) is 2.74. The molecule has 0 spiro atoms. The predicted molar refractivity (Wildman–Crippen MR) is 63.6 cm³/mol. The molecule has 0 saturated heterocycles. The molecule has 0 aliphatic carbocycles. The standard InChI is InChI=1S/C11H17NO3S/c1-9(2)8-16(14,15)12-7-10-4-3-5-11(13)6-10/h3-6,9,12-13H,7-8H2,1-2H3. The van der Waals surface area contributed by atoms with Crippen molar-refractivity contribution in [2.45, 2.75) is 20.4 Å². The zero-order chi connectivity index (χ0) is 12.2. The van der Waals surface area contributed by atoms with Gasteiger partial charge in [0.2, 0.25) is 10.0 Å². The highest BCUT2D eigenvalue weighted by molar-refractivity contribution is 7.89. The first-order valence-electron chi connectivity index (χ1n) is 5.14. The molecule has 0 unspecified atom stereocenters. The molecule has 1 aromatic carbocycles. The lowest BCUT2D eigenvalue weighted by Gasteiger charge is -2.08. The van der Waals surface area contributed by atoms with Crippen molar-refractivity contribution in [3.63, 3.8) is 0 Å². The topological polar surface area (TPSA) is 66.4 Å². The Bertz CT molecular complexity index is 440. The number of phenols is 1. The third-order valence-corrected chi connectivity index (χ3v) is 3.65. The third-order valence-electron chi connectivity index (χ3n) is 1.96. The lowest BCUT2D eigenvalue weighted by Crippen LogP contribution is -2.28. The number of aromatic hydroxyl groups is 1. The molecule has 5 heteroatoms. The quantitative estimate of drug-likeness (QED) is 0.823. The van der Waals surface area contributed by atoms with Crippen molar-refractivity contribution < 1.29 is 13.5 Å². The number of benzene rings is 1. The average Bonchev–Trinajstić information content (AvgIpc) is 2.13. The molecule has 1 rings (SSSR count). The molecule has 0 atom stereocenters. The van der Waals surface area contributed by atoms with Gasteiger partial charge < -0.3 is 5.11 Å². The summed E-state index contributed by atoms with van der Waals surface area (Å²) in [6.07, 6.45) is 0. The molecule has 90 valence electrons. The van der Waals surface area contributed by atoms with Gasteiger partial charge in [0.15, 0.2) is 0 Å². The van der Waals surface area contributed by atoms with Crippen molar-refractivity contribution in [1.29, 1.82) is 0 Å². The third kappa shape index (κ3) is 4.63. The second kappa shape index (κ2) is 5.32. The highest BCUT2D eigenvalue weighted by Crippen LogP contribution is 2.10. The Hall–Kier alpha value is -1.07. The van der Waals surface area contributed by atoms with Gasteiger partial charge in [-0.1, -0.05) is 26.0 Å². The van der Waals surface area contributed by atoms with Gasteiger partial charge in [-0.2, -0.15) is 0 Å². The minimum absolute atomic E-state index is 0.0988. The molecule has 0 saturated carbocycles. The van der Waals surface area contributed by atoms with Crippen molar-refractivity contribution in [1.82, 2.24) is 4.72 Å². The van der Waals surface area contributed by atoms with E-state index in [2.05, 4.69) is 4.72 Å². The molecule has 1 aromatic rings. The van der Waals surface area contributed by atoms with Crippen molar-refractivity contribution in [3.05, 3.63) is 29.8 Å². The van der Waals surface area contributed by atoms with Crippen molar-refractivity contribution >= 4 is 10.0 Å². The Morgan fingerprint density at radius 2 is 2.06 bits per heavy atom. The number of hydrogen-bond donors (Lipinski definition) is 2. The van der Waals surface area contributed by atoms with Crippen LogP contribution in [0.3, 0.4) is 0 Å². The first-order valence-corrected chi connectivity index (χ1v) is 6.79. The van der Waals surface area contributed by atoms with Crippen LogP contribution in [-0.2, 0) is 16.6 Å². The van der Waals surface area contributed by atoms with Crippen LogP contribution >= 0.6 is 0 Å². The lowest BCUT2D eigenvalue weighted by molar-refractivity contribution is 0.474. The summed E-state index contributed by atoms with van der Waals surface area (Å²) >= 11 is 0. The maximum absolute atomic E-state index is 11.5. The molecule has 0 radical (unpaired) electrons. The molecule has 0 amide bonds. The first-order chi connectivity index (χ1) is 7.39. The van der Waals surface area contributed by atoms with E-state index >= 15 is 0 Å². The molecule has 0 aliphatic rings. The van der Waals surface area contributed by atoms with Crippen LogP contribution in [0.4, 0.5) is 0 Å². The van der Waals surface area contributed by atoms with Crippen LogP contribution in [-0.4, -0.2) is 19.3 Å². The zero-order valence-electron chi connectivity index (χ0n) is 9.47. The molecule has 2 N–H and O–H groups in total. The van der Waals surface area contributed by atoms with E-state index in [4.69, 9.17) is 0 Å². The van der Waals surface area contributed by atoms with Gasteiger partial charge in [0.1, 0.15) is 5.75 Å². The molecule has 0 aliphatic heterocycles. The van der Waals surface area contributed by atoms with E-state index < -0.39 is 10.0 Å². The van der Waals surface area contributed by atoms with Crippen molar-refractivity contribution in [2.75, 3.05) is 5.75 Å². The van der Waals surface area contributed by atoms with Gasteiger partial charge in [-0.05, 0) is 23.6 Å². The fourth-order valence-electron chi connectivity index (χ4n) is 1.36. The van der Waals surface area contributed by atoms with E-state index in [-0.39, 0.29) is 24.0 Å². The number of nitrogens with one attached hydrogen (secondary N) is 1. The van der Waals surface area contributed by atoms with Crippen LogP contribution in [0, 0.1) is 5.92 Å². The Labute approximate surface area is 96.4 Å². The smallest absolute Gasteiger partial charge is 0.212 e. The number of rotatable bonds is 5. The first kappa shape index (κ1) is 13.0. The van der Waals surface area contributed by atoms with Gasteiger partial charge in [-0.3, -0.25) is 0 Å². The molecule has 4 nitrogen and oxygen atoms in total. The van der Waals surface area contributed by atoms with E-state index in [1.54, 1.807) is 18.2 Å². The van der Waals surface area contributed by atoms with E-state index in [1.165, 1.54) is 6.07 Å². The van der Waals surface area contributed by atoms with Gasteiger partial charge in [0, 0.05) is 6.54 Å². The van der Waals surface area contributed by atoms with Crippen LogP contribution in [0.2, 0.25) is 0 Å². The molecule has 0 aromatic heterocycles. The number of hydrogen-bond acceptors (Lipinski definition) is 3. The molecule has 0 heterocycles. The molecular weight excluding hydrogens is 226 g/mol. The maximum atomic E-state index is 11.5. The summed E-state index contributed by atoms with van der Waals surface area (Å²) in [4.78, 5) is 0. The maximum Gasteiger partial charge on any atom is 0.212 e. The Morgan fingerprint density at radius 3 is 2.62 bits per heavy atom. The number of sulfonamides is 1. The molecule has 0 bridgehead atoms. The molecular formula is C11H17NO3S. The van der Waals surface area contributed by atoms with Gasteiger partial charge >= 0.3 is 0 Å². The summed E-state index contributed by atoms with van der Waals surface area (Å²) in [5.74, 6) is 0.355. The minimum Gasteiger partial charge on any atom is -0.508 e. The summed E-state index contributed by atoms with van der Waals surface area (Å²) < 4.78 is 25.5. The minimum atomic E-state index is -3.22. The molecule has 16 heavy (non-hydrogen) atoms. The largest absolute Gasteiger partial charge is 0.508 e. The van der Waals surface area contributed by atoms with Crippen LogP contribution in [0.5, 0.6) is 5.75 Å². The average molecular weight is 243 g/mol. The summed E-state index contributed by atoms with van der Waals surface area (Å²) in [6, 6.07) is 6.53. The Morgan fingerprint density at radius 1 is 1.38 bits per heavy atom. The van der Waals surface area contributed by atoms with Gasteiger partial charge in [0.25, 0.3) is 0 Å². The van der Waals surface area contributed by atoms with Crippen LogP contribution in [0.15, 0.2) is 24.3 Å². The van der Waals surface area contributed by atoms with Gasteiger partial charge in [-0.15, -0.1) is 0 Å². The van der Waals surface area contributed by atoms with E-state index in [1.807, 2.05) is 13.8 Å². The molecule has 0 fully saturated rings. The van der Waals surface area contributed by atoms with Crippen LogP contribution in [0.25, 0.3) is 0 Å².